The molecule has 22 heavy (non-hydrogen) atoms. The van der Waals surface area contributed by atoms with Crippen LogP contribution < -0.4 is 11.1 Å². The third kappa shape index (κ3) is 3.60. The van der Waals surface area contributed by atoms with Gasteiger partial charge in [-0.15, -0.1) is 0 Å². The number of nitrogens with one attached hydrogen (secondary N) is 1. The zero-order chi connectivity index (χ0) is 15.6. The quantitative estimate of drug-likeness (QED) is 0.780. The molecule has 6 heteroatoms. The van der Waals surface area contributed by atoms with Crippen molar-refractivity contribution in [2.75, 3.05) is 32.8 Å². The summed E-state index contributed by atoms with van der Waals surface area (Å²) in [5.41, 5.74) is 5.49. The van der Waals surface area contributed by atoms with Crippen LogP contribution in [0.25, 0.3) is 0 Å². The average Bonchev–Trinajstić information content (AvgIpc) is 3.37. The Kier molecular flexibility index (Phi) is 4.68. The Hall–Kier alpha value is -1.14. The third-order valence-electron chi connectivity index (χ3n) is 5.15. The summed E-state index contributed by atoms with van der Waals surface area (Å²) in [6.07, 6.45) is 5.34. The van der Waals surface area contributed by atoms with Gasteiger partial charge in [0.1, 0.15) is 0 Å². The highest BCUT2D eigenvalue weighted by molar-refractivity contribution is 5.87. The molecule has 1 saturated carbocycles. The highest BCUT2D eigenvalue weighted by atomic mass is 16.5. The Morgan fingerprint density at radius 3 is 2.64 bits per heavy atom. The van der Waals surface area contributed by atoms with Crippen molar-refractivity contribution in [3.8, 4) is 0 Å². The first-order chi connectivity index (χ1) is 10.6. The molecule has 2 heterocycles. The number of ether oxygens (including phenoxy) is 1. The van der Waals surface area contributed by atoms with Gasteiger partial charge in [0, 0.05) is 32.8 Å². The molecule has 0 spiro atoms. The lowest BCUT2D eigenvalue weighted by Gasteiger charge is -2.40. The number of rotatable bonds is 4. The molecule has 124 valence electrons. The van der Waals surface area contributed by atoms with Crippen LogP contribution in [-0.4, -0.2) is 55.1 Å². The second-order valence-corrected chi connectivity index (χ2v) is 7.05. The normalized spacial score (nSPS) is 28.2. The molecule has 0 radical (unpaired) electrons. The molecular weight excluding hydrogens is 282 g/mol. The number of piperidine rings is 1. The number of nitrogens with zero attached hydrogens (tertiary/aromatic N) is 1. The highest BCUT2D eigenvalue weighted by Crippen LogP contribution is 2.28. The van der Waals surface area contributed by atoms with Crippen molar-refractivity contribution in [1.29, 1.82) is 0 Å². The number of hydrogen-bond donors (Lipinski definition) is 2. The van der Waals surface area contributed by atoms with Gasteiger partial charge >= 0.3 is 0 Å². The van der Waals surface area contributed by atoms with Gasteiger partial charge in [-0.1, -0.05) is 0 Å². The molecule has 0 aromatic rings. The van der Waals surface area contributed by atoms with E-state index >= 15 is 0 Å². The van der Waals surface area contributed by atoms with E-state index in [0.29, 0.717) is 45.1 Å². The van der Waals surface area contributed by atoms with Gasteiger partial charge < -0.3 is 20.7 Å². The van der Waals surface area contributed by atoms with Gasteiger partial charge in [0.15, 0.2) is 0 Å². The van der Waals surface area contributed by atoms with Gasteiger partial charge in [-0.05, 0) is 44.4 Å². The lowest BCUT2D eigenvalue weighted by Crippen LogP contribution is -2.60. The first-order valence-corrected chi connectivity index (χ1v) is 8.52. The number of nitrogens with two attached hydrogens (primary N) is 1. The van der Waals surface area contributed by atoms with Gasteiger partial charge in [-0.25, -0.2) is 0 Å². The number of amides is 2. The van der Waals surface area contributed by atoms with Crippen molar-refractivity contribution in [3.05, 3.63) is 0 Å². The summed E-state index contributed by atoms with van der Waals surface area (Å²) >= 11 is 0. The Balaban J connectivity index is 1.54. The summed E-state index contributed by atoms with van der Waals surface area (Å²) in [5, 5.41) is 3.03. The van der Waals surface area contributed by atoms with Crippen LogP contribution in [0.2, 0.25) is 0 Å². The van der Waals surface area contributed by atoms with Gasteiger partial charge in [-0.2, -0.15) is 0 Å². The van der Waals surface area contributed by atoms with Gasteiger partial charge in [0.05, 0.1) is 11.5 Å². The fraction of sp³-hybridized carbons (Fsp3) is 0.875. The summed E-state index contributed by atoms with van der Waals surface area (Å²) in [5.74, 6) is 0.692. The van der Waals surface area contributed by atoms with Crippen LogP contribution >= 0.6 is 0 Å². The molecule has 0 aromatic carbocycles. The molecule has 2 saturated heterocycles. The molecule has 3 aliphatic rings. The lowest BCUT2D eigenvalue weighted by molar-refractivity contribution is -0.143. The maximum absolute atomic E-state index is 12.7. The molecule has 2 amide bonds. The molecule has 3 rings (SSSR count). The lowest BCUT2D eigenvalue weighted by atomic mass is 9.87. The summed E-state index contributed by atoms with van der Waals surface area (Å²) in [4.78, 5) is 26.8. The van der Waals surface area contributed by atoms with E-state index in [1.54, 1.807) is 4.90 Å². The number of likely N-dealkylation sites (tertiary alicyclic amines) is 1. The van der Waals surface area contributed by atoms with Crippen LogP contribution in [-0.2, 0) is 14.3 Å². The van der Waals surface area contributed by atoms with E-state index in [1.807, 2.05) is 0 Å². The van der Waals surface area contributed by atoms with E-state index in [2.05, 4.69) is 5.32 Å². The Morgan fingerprint density at radius 2 is 1.95 bits per heavy atom. The molecule has 1 unspecified atom stereocenters. The Morgan fingerprint density at radius 1 is 1.23 bits per heavy atom. The zero-order valence-electron chi connectivity index (χ0n) is 13.2. The minimum Gasteiger partial charge on any atom is -0.381 e. The Labute approximate surface area is 131 Å². The predicted octanol–water partition coefficient (Wildman–Crippen LogP) is 0.259. The van der Waals surface area contributed by atoms with Crippen molar-refractivity contribution >= 4 is 11.8 Å². The average molecular weight is 309 g/mol. The molecule has 1 aliphatic carbocycles. The number of carbonyl (C=O) groups is 2. The second-order valence-electron chi connectivity index (χ2n) is 7.05. The predicted molar refractivity (Wildman–Crippen MR) is 82.0 cm³/mol. The van der Waals surface area contributed by atoms with Crippen molar-refractivity contribution in [1.82, 2.24) is 10.2 Å². The first kappa shape index (κ1) is 15.7. The molecule has 2 aliphatic heterocycles. The smallest absolute Gasteiger partial charge is 0.242 e. The fourth-order valence-corrected chi connectivity index (χ4v) is 3.35. The van der Waals surface area contributed by atoms with Crippen LogP contribution in [0.3, 0.4) is 0 Å². The molecule has 0 bridgehead atoms. The van der Waals surface area contributed by atoms with Crippen molar-refractivity contribution in [3.63, 3.8) is 0 Å². The molecule has 1 atom stereocenters. The monoisotopic (exact) mass is 309 g/mol. The van der Waals surface area contributed by atoms with E-state index < -0.39 is 5.54 Å². The van der Waals surface area contributed by atoms with Crippen molar-refractivity contribution in [2.45, 2.75) is 44.1 Å². The Bertz CT molecular complexity index is 430. The second kappa shape index (κ2) is 6.54. The minimum absolute atomic E-state index is 0.00417. The van der Waals surface area contributed by atoms with Crippen LogP contribution in [0.1, 0.15) is 38.5 Å². The van der Waals surface area contributed by atoms with Crippen molar-refractivity contribution < 1.29 is 14.3 Å². The summed E-state index contributed by atoms with van der Waals surface area (Å²) in [6.45, 7) is 3.10. The molecule has 3 fully saturated rings. The first-order valence-electron chi connectivity index (χ1n) is 8.52. The summed E-state index contributed by atoms with van der Waals surface area (Å²) in [7, 11) is 0. The zero-order valence-corrected chi connectivity index (χ0v) is 13.2. The van der Waals surface area contributed by atoms with Crippen LogP contribution in [0.5, 0.6) is 0 Å². The van der Waals surface area contributed by atoms with Gasteiger partial charge in [-0.3, -0.25) is 9.59 Å². The maximum Gasteiger partial charge on any atom is 0.242 e. The molecule has 0 aromatic heterocycles. The van der Waals surface area contributed by atoms with Crippen molar-refractivity contribution in [2.24, 2.45) is 17.6 Å². The van der Waals surface area contributed by atoms with E-state index in [0.717, 1.165) is 19.4 Å². The number of hydrogen-bond acceptors (Lipinski definition) is 4. The maximum atomic E-state index is 12.7. The standard InChI is InChI=1S/C16H27N3O3/c17-16(5-8-22-9-6-16)15(21)19-7-1-2-13(11-19)14(20)18-10-12-3-4-12/h12-13H,1-11,17H2,(H,18,20). The van der Waals surface area contributed by atoms with E-state index in [-0.39, 0.29) is 17.7 Å². The van der Waals surface area contributed by atoms with Crippen LogP contribution in [0.15, 0.2) is 0 Å². The SMILES string of the molecule is NC1(C(=O)N2CCCC(C(=O)NCC3CC3)C2)CCOCC1. The summed E-state index contributed by atoms with van der Waals surface area (Å²) < 4.78 is 5.31. The van der Waals surface area contributed by atoms with E-state index in [4.69, 9.17) is 10.5 Å². The molecular formula is C16H27N3O3. The molecule has 6 nitrogen and oxygen atoms in total. The molecule has 3 N–H and O–H groups in total. The van der Waals surface area contributed by atoms with Gasteiger partial charge in [0.25, 0.3) is 0 Å². The summed E-state index contributed by atoms with van der Waals surface area (Å²) in [6, 6.07) is 0. The fourth-order valence-electron chi connectivity index (χ4n) is 3.35. The van der Waals surface area contributed by atoms with Crippen LogP contribution in [0, 0.1) is 11.8 Å². The highest BCUT2D eigenvalue weighted by Gasteiger charge is 2.41. The minimum atomic E-state index is -0.801. The van der Waals surface area contributed by atoms with E-state index in [1.165, 1.54) is 12.8 Å². The number of carbonyl (C=O) groups excluding carboxylic acids is 2. The van der Waals surface area contributed by atoms with E-state index in [9.17, 15) is 9.59 Å². The third-order valence-corrected chi connectivity index (χ3v) is 5.15. The topological polar surface area (TPSA) is 84.7 Å². The van der Waals surface area contributed by atoms with Gasteiger partial charge in [0.2, 0.25) is 11.8 Å². The van der Waals surface area contributed by atoms with Crippen LogP contribution in [0.4, 0.5) is 0 Å². The largest absolute Gasteiger partial charge is 0.381 e.